The Kier molecular flexibility index (Phi) is 7.41. The third-order valence-electron chi connectivity index (χ3n) is 5.22. The second-order valence-corrected chi connectivity index (χ2v) is 7.04. The lowest BCUT2D eigenvalue weighted by atomic mass is 10.0. The Balaban J connectivity index is 1.68. The van der Waals surface area contributed by atoms with Gasteiger partial charge in [-0.1, -0.05) is 18.2 Å². The van der Waals surface area contributed by atoms with Crippen molar-refractivity contribution in [2.24, 2.45) is 4.99 Å². The van der Waals surface area contributed by atoms with Gasteiger partial charge in [0.05, 0.1) is 13.2 Å². The number of halogens is 2. The number of rotatable bonds is 7. The van der Waals surface area contributed by atoms with Crippen molar-refractivity contribution >= 4 is 5.96 Å². The summed E-state index contributed by atoms with van der Waals surface area (Å²) >= 11 is 0. The van der Waals surface area contributed by atoms with Gasteiger partial charge in [-0.2, -0.15) is 0 Å². The summed E-state index contributed by atoms with van der Waals surface area (Å²) in [5.74, 6) is 0.485. The average molecular weight is 402 g/mol. The molecular formula is C22H28F2N4O. The van der Waals surface area contributed by atoms with Gasteiger partial charge in [-0.05, 0) is 50.2 Å². The van der Waals surface area contributed by atoms with E-state index in [4.69, 9.17) is 4.74 Å². The molecule has 2 aromatic rings. The Bertz CT molecular complexity index is 837. The van der Waals surface area contributed by atoms with Crippen LogP contribution in [0.1, 0.15) is 30.0 Å². The van der Waals surface area contributed by atoms with Crippen LogP contribution in [0.15, 0.2) is 47.5 Å². The van der Waals surface area contributed by atoms with Crippen LogP contribution in [0.5, 0.6) is 5.75 Å². The monoisotopic (exact) mass is 402 g/mol. The van der Waals surface area contributed by atoms with Gasteiger partial charge < -0.3 is 15.4 Å². The molecule has 2 N–H and O–H groups in total. The minimum atomic E-state index is -0.462. The standard InChI is InChI=1S/C22H28F2N4O/c1-25-22(26-14-16-13-17(23)9-10-19(16)24)27-15-20(28-11-5-6-12-28)18-7-3-4-8-21(18)29-2/h3-4,7-10,13,20H,5-6,11-12,14-15H2,1-2H3,(H2,25,26,27). The second kappa shape index (κ2) is 10.2. The smallest absolute Gasteiger partial charge is 0.191 e. The molecule has 1 unspecified atom stereocenters. The van der Waals surface area contributed by atoms with Crippen molar-refractivity contribution in [2.75, 3.05) is 33.8 Å². The quantitative estimate of drug-likeness (QED) is 0.550. The van der Waals surface area contributed by atoms with Crippen LogP contribution in [0.25, 0.3) is 0 Å². The van der Waals surface area contributed by atoms with Crippen LogP contribution in [-0.4, -0.2) is 44.7 Å². The molecule has 0 bridgehead atoms. The summed E-state index contributed by atoms with van der Waals surface area (Å²) < 4.78 is 32.8. The normalized spacial score (nSPS) is 15.9. The minimum Gasteiger partial charge on any atom is -0.496 e. The van der Waals surface area contributed by atoms with E-state index < -0.39 is 11.6 Å². The van der Waals surface area contributed by atoms with Crippen molar-refractivity contribution in [1.29, 1.82) is 0 Å². The summed E-state index contributed by atoms with van der Waals surface area (Å²) in [5.41, 5.74) is 1.38. The van der Waals surface area contributed by atoms with E-state index >= 15 is 0 Å². The van der Waals surface area contributed by atoms with E-state index in [1.165, 1.54) is 18.9 Å². The van der Waals surface area contributed by atoms with E-state index in [0.29, 0.717) is 12.5 Å². The van der Waals surface area contributed by atoms with Crippen molar-refractivity contribution in [3.8, 4) is 5.75 Å². The molecule has 0 amide bonds. The van der Waals surface area contributed by atoms with Gasteiger partial charge in [-0.25, -0.2) is 8.78 Å². The molecular weight excluding hydrogens is 374 g/mol. The molecule has 29 heavy (non-hydrogen) atoms. The Hall–Kier alpha value is -2.67. The van der Waals surface area contributed by atoms with Crippen LogP contribution in [0.3, 0.4) is 0 Å². The number of guanidine groups is 1. The Morgan fingerprint density at radius 1 is 1.14 bits per heavy atom. The molecule has 5 nitrogen and oxygen atoms in total. The fourth-order valence-electron chi connectivity index (χ4n) is 3.70. The summed E-state index contributed by atoms with van der Waals surface area (Å²) in [7, 11) is 3.34. The van der Waals surface area contributed by atoms with E-state index in [0.717, 1.165) is 36.5 Å². The molecule has 1 aliphatic rings. The van der Waals surface area contributed by atoms with E-state index in [2.05, 4.69) is 26.6 Å². The molecule has 1 saturated heterocycles. The molecule has 0 spiro atoms. The number of hydrogen-bond donors (Lipinski definition) is 2. The number of nitrogens with zero attached hydrogens (tertiary/aromatic N) is 2. The van der Waals surface area contributed by atoms with Crippen LogP contribution in [-0.2, 0) is 6.54 Å². The molecule has 156 valence electrons. The van der Waals surface area contributed by atoms with Crippen LogP contribution in [0.4, 0.5) is 8.78 Å². The van der Waals surface area contributed by atoms with Gasteiger partial charge in [-0.3, -0.25) is 9.89 Å². The summed E-state index contributed by atoms with van der Waals surface area (Å²) in [5, 5.41) is 6.39. The molecule has 1 aliphatic heterocycles. The zero-order chi connectivity index (χ0) is 20.6. The molecule has 2 aromatic carbocycles. The largest absolute Gasteiger partial charge is 0.496 e. The average Bonchev–Trinajstić information content (AvgIpc) is 3.27. The number of aliphatic imine (C=N–C) groups is 1. The Morgan fingerprint density at radius 3 is 2.62 bits per heavy atom. The van der Waals surface area contributed by atoms with Crippen molar-refractivity contribution in [1.82, 2.24) is 15.5 Å². The predicted octanol–water partition coefficient (Wildman–Crippen LogP) is 3.48. The first-order valence-corrected chi connectivity index (χ1v) is 9.87. The number of likely N-dealkylation sites (tertiary alicyclic amines) is 1. The maximum Gasteiger partial charge on any atom is 0.191 e. The summed E-state index contributed by atoms with van der Waals surface area (Å²) in [6, 6.07) is 11.6. The SMILES string of the molecule is CN=C(NCc1cc(F)ccc1F)NCC(c1ccccc1OC)N1CCCC1. The topological polar surface area (TPSA) is 48.9 Å². The van der Waals surface area contributed by atoms with E-state index in [1.54, 1.807) is 14.2 Å². The fourth-order valence-corrected chi connectivity index (χ4v) is 3.70. The van der Waals surface area contributed by atoms with Crippen molar-refractivity contribution in [3.63, 3.8) is 0 Å². The van der Waals surface area contributed by atoms with Gasteiger partial charge >= 0.3 is 0 Å². The highest BCUT2D eigenvalue weighted by Crippen LogP contribution is 2.31. The van der Waals surface area contributed by atoms with E-state index in [-0.39, 0.29) is 18.2 Å². The van der Waals surface area contributed by atoms with Gasteiger partial charge in [0.25, 0.3) is 0 Å². The van der Waals surface area contributed by atoms with Gasteiger partial charge in [0, 0.05) is 31.3 Å². The Morgan fingerprint density at radius 2 is 1.90 bits per heavy atom. The third-order valence-corrected chi connectivity index (χ3v) is 5.22. The number of methoxy groups -OCH3 is 1. The first-order valence-electron chi connectivity index (χ1n) is 9.87. The van der Waals surface area contributed by atoms with Crippen LogP contribution >= 0.6 is 0 Å². The number of nitrogens with one attached hydrogen (secondary N) is 2. The molecule has 0 saturated carbocycles. The third kappa shape index (κ3) is 5.44. The number of benzene rings is 2. The van der Waals surface area contributed by atoms with Crippen LogP contribution < -0.4 is 15.4 Å². The first kappa shape index (κ1) is 21.0. The summed E-state index contributed by atoms with van der Waals surface area (Å²) in [6.45, 7) is 2.83. The summed E-state index contributed by atoms with van der Waals surface area (Å²) in [4.78, 5) is 6.65. The van der Waals surface area contributed by atoms with Gasteiger partial charge in [-0.15, -0.1) is 0 Å². The maximum atomic E-state index is 13.9. The van der Waals surface area contributed by atoms with Gasteiger partial charge in [0.1, 0.15) is 17.4 Å². The van der Waals surface area contributed by atoms with Crippen molar-refractivity contribution < 1.29 is 13.5 Å². The Labute approximate surface area is 170 Å². The van der Waals surface area contributed by atoms with Crippen LogP contribution in [0.2, 0.25) is 0 Å². The van der Waals surface area contributed by atoms with Gasteiger partial charge in [0.15, 0.2) is 5.96 Å². The highest BCUT2D eigenvalue weighted by molar-refractivity contribution is 5.79. The predicted molar refractivity (Wildman–Crippen MR) is 111 cm³/mol. The molecule has 0 radical (unpaired) electrons. The molecule has 7 heteroatoms. The van der Waals surface area contributed by atoms with E-state index in [1.807, 2.05) is 18.2 Å². The maximum absolute atomic E-state index is 13.9. The zero-order valence-electron chi connectivity index (χ0n) is 16.9. The van der Waals surface area contributed by atoms with E-state index in [9.17, 15) is 8.78 Å². The number of ether oxygens (including phenoxy) is 1. The fraction of sp³-hybridized carbons (Fsp3) is 0.409. The van der Waals surface area contributed by atoms with Crippen LogP contribution in [0, 0.1) is 11.6 Å². The molecule has 0 aliphatic carbocycles. The lowest BCUT2D eigenvalue weighted by molar-refractivity contribution is 0.239. The number of para-hydroxylation sites is 1. The zero-order valence-corrected chi connectivity index (χ0v) is 16.9. The number of hydrogen-bond acceptors (Lipinski definition) is 3. The second-order valence-electron chi connectivity index (χ2n) is 7.04. The molecule has 1 heterocycles. The highest BCUT2D eigenvalue weighted by Gasteiger charge is 2.26. The molecule has 1 fully saturated rings. The summed E-state index contributed by atoms with van der Waals surface area (Å²) in [6.07, 6.45) is 2.36. The molecule has 0 aromatic heterocycles. The minimum absolute atomic E-state index is 0.123. The highest BCUT2D eigenvalue weighted by atomic mass is 19.1. The van der Waals surface area contributed by atoms with Gasteiger partial charge in [0.2, 0.25) is 0 Å². The van der Waals surface area contributed by atoms with Crippen molar-refractivity contribution in [2.45, 2.75) is 25.4 Å². The molecule has 3 rings (SSSR count). The lowest BCUT2D eigenvalue weighted by Crippen LogP contribution is -2.42. The first-order chi connectivity index (χ1) is 14.1. The lowest BCUT2D eigenvalue weighted by Gasteiger charge is -2.30. The molecule has 1 atom stereocenters. The van der Waals surface area contributed by atoms with Crippen molar-refractivity contribution in [3.05, 3.63) is 65.2 Å².